The van der Waals surface area contributed by atoms with E-state index in [0.29, 0.717) is 5.56 Å². The van der Waals surface area contributed by atoms with Crippen LogP contribution >= 0.6 is 11.8 Å². The number of halogens is 1. The minimum Gasteiger partial charge on any atom is -0.354 e. The Hall–Kier alpha value is -3.45. The summed E-state index contributed by atoms with van der Waals surface area (Å²) in [6.45, 7) is 0.267. The fourth-order valence-corrected chi connectivity index (χ4v) is 4.17. The van der Waals surface area contributed by atoms with E-state index in [4.69, 9.17) is 0 Å². The van der Waals surface area contributed by atoms with Gasteiger partial charge in [0.1, 0.15) is 5.82 Å². The van der Waals surface area contributed by atoms with Gasteiger partial charge in [-0.2, -0.15) is 0 Å². The zero-order valence-corrected chi connectivity index (χ0v) is 17.3. The maximum absolute atomic E-state index is 13.0. The average Bonchev–Trinajstić information content (AvgIpc) is 3.02. The Bertz CT molecular complexity index is 1190. The zero-order valence-electron chi connectivity index (χ0n) is 16.5. The van der Waals surface area contributed by atoms with Crippen molar-refractivity contribution < 1.29 is 18.8 Å². The Morgan fingerprint density at radius 3 is 2.52 bits per heavy atom. The van der Waals surface area contributed by atoms with E-state index in [0.717, 1.165) is 33.0 Å². The van der Waals surface area contributed by atoms with Gasteiger partial charge < -0.3 is 5.32 Å². The highest BCUT2D eigenvalue weighted by molar-refractivity contribution is 8.18. The monoisotopic (exact) mass is 434 g/mol. The molecule has 156 valence electrons. The van der Waals surface area contributed by atoms with E-state index in [1.807, 2.05) is 42.5 Å². The summed E-state index contributed by atoms with van der Waals surface area (Å²) in [4.78, 5) is 38.3. The third-order valence-electron chi connectivity index (χ3n) is 4.88. The lowest BCUT2D eigenvalue weighted by Gasteiger charge is -2.13. The second kappa shape index (κ2) is 9.14. The van der Waals surface area contributed by atoms with E-state index >= 15 is 0 Å². The van der Waals surface area contributed by atoms with Crippen molar-refractivity contribution in [2.45, 2.75) is 6.42 Å². The molecule has 1 fully saturated rings. The standard InChI is InChI=1S/C24H19FN2O3S/c25-20-9-6-16(7-10-20)14-21-23(29)27(24(30)31-21)12-11-26-22(28)15-17-5-8-18-3-1-2-4-19(18)13-17/h1-10,13-14H,11-12,15H2,(H,26,28)/b21-14-. The van der Waals surface area contributed by atoms with Crippen LogP contribution in [-0.2, 0) is 16.0 Å². The van der Waals surface area contributed by atoms with Crippen molar-refractivity contribution in [2.24, 2.45) is 0 Å². The van der Waals surface area contributed by atoms with Gasteiger partial charge in [0, 0.05) is 13.1 Å². The van der Waals surface area contributed by atoms with Crippen molar-refractivity contribution in [2.75, 3.05) is 13.1 Å². The Morgan fingerprint density at radius 1 is 1.00 bits per heavy atom. The number of hydrogen-bond donors (Lipinski definition) is 1. The lowest BCUT2D eigenvalue weighted by Crippen LogP contribution is -2.37. The van der Waals surface area contributed by atoms with Crippen LogP contribution in [0.4, 0.5) is 9.18 Å². The number of hydrogen-bond acceptors (Lipinski definition) is 4. The first-order valence-electron chi connectivity index (χ1n) is 9.75. The maximum atomic E-state index is 13.0. The van der Waals surface area contributed by atoms with E-state index in [-0.39, 0.29) is 41.4 Å². The highest BCUT2D eigenvalue weighted by Crippen LogP contribution is 2.31. The van der Waals surface area contributed by atoms with E-state index < -0.39 is 5.91 Å². The molecule has 5 nitrogen and oxygen atoms in total. The van der Waals surface area contributed by atoms with Gasteiger partial charge in [-0.05, 0) is 51.9 Å². The molecular formula is C24H19FN2O3S. The van der Waals surface area contributed by atoms with E-state index in [1.54, 1.807) is 6.08 Å². The van der Waals surface area contributed by atoms with Crippen molar-refractivity contribution in [1.29, 1.82) is 0 Å². The number of carbonyl (C=O) groups is 3. The van der Waals surface area contributed by atoms with Crippen molar-refractivity contribution in [1.82, 2.24) is 10.2 Å². The van der Waals surface area contributed by atoms with Gasteiger partial charge >= 0.3 is 0 Å². The number of nitrogens with one attached hydrogen (secondary N) is 1. The van der Waals surface area contributed by atoms with Crippen LogP contribution in [-0.4, -0.2) is 35.0 Å². The Balaban J connectivity index is 1.31. The molecule has 1 heterocycles. The van der Waals surface area contributed by atoms with Crippen molar-refractivity contribution >= 4 is 45.7 Å². The summed E-state index contributed by atoms with van der Waals surface area (Å²) in [5, 5.41) is 4.55. The van der Waals surface area contributed by atoms with Crippen LogP contribution in [0.25, 0.3) is 16.8 Å². The minimum atomic E-state index is -0.414. The number of benzene rings is 3. The predicted octanol–water partition coefficient (Wildman–Crippen LogP) is 4.37. The Labute approximate surface area is 182 Å². The summed E-state index contributed by atoms with van der Waals surface area (Å²) >= 11 is 0.835. The first kappa shape index (κ1) is 20.8. The van der Waals surface area contributed by atoms with Gasteiger partial charge in [0.15, 0.2) is 0 Å². The molecule has 1 aliphatic heterocycles. The summed E-state index contributed by atoms with van der Waals surface area (Å²) < 4.78 is 13.0. The van der Waals surface area contributed by atoms with Gasteiger partial charge in [-0.3, -0.25) is 19.3 Å². The van der Waals surface area contributed by atoms with E-state index in [1.165, 1.54) is 24.3 Å². The Kier molecular flexibility index (Phi) is 6.13. The smallest absolute Gasteiger partial charge is 0.293 e. The highest BCUT2D eigenvalue weighted by atomic mass is 32.2. The molecular weight excluding hydrogens is 415 g/mol. The van der Waals surface area contributed by atoms with E-state index in [2.05, 4.69) is 5.32 Å². The lowest BCUT2D eigenvalue weighted by molar-refractivity contribution is -0.124. The fourth-order valence-electron chi connectivity index (χ4n) is 3.31. The molecule has 4 rings (SSSR count). The third-order valence-corrected chi connectivity index (χ3v) is 5.78. The number of carbonyl (C=O) groups excluding carboxylic acids is 3. The zero-order chi connectivity index (χ0) is 21.8. The van der Waals surface area contributed by atoms with Crippen LogP contribution in [0.1, 0.15) is 11.1 Å². The molecule has 3 amide bonds. The maximum Gasteiger partial charge on any atom is 0.293 e. The minimum absolute atomic E-state index is 0.0921. The molecule has 1 aliphatic rings. The average molecular weight is 434 g/mol. The summed E-state index contributed by atoms with van der Waals surface area (Å²) in [5.41, 5.74) is 1.53. The third kappa shape index (κ3) is 5.00. The van der Waals surface area contributed by atoms with Gasteiger partial charge in [-0.25, -0.2) is 4.39 Å². The molecule has 0 saturated carbocycles. The molecule has 0 unspecified atom stereocenters. The number of imide groups is 1. The van der Waals surface area contributed by atoms with Gasteiger partial charge in [-0.1, -0.05) is 54.6 Å². The van der Waals surface area contributed by atoms with Crippen LogP contribution in [0.2, 0.25) is 0 Å². The topological polar surface area (TPSA) is 66.5 Å². The molecule has 0 spiro atoms. The molecule has 3 aromatic carbocycles. The number of amides is 3. The SMILES string of the molecule is O=C(Cc1ccc2ccccc2c1)NCCN1C(=O)S/C(=C\c2ccc(F)cc2)C1=O. The Morgan fingerprint density at radius 2 is 1.74 bits per heavy atom. The largest absolute Gasteiger partial charge is 0.354 e. The molecule has 1 N–H and O–H groups in total. The van der Waals surface area contributed by atoms with Crippen LogP contribution < -0.4 is 5.32 Å². The molecule has 0 bridgehead atoms. The molecule has 0 atom stereocenters. The lowest BCUT2D eigenvalue weighted by atomic mass is 10.1. The van der Waals surface area contributed by atoms with Gasteiger partial charge in [0.2, 0.25) is 5.91 Å². The second-order valence-corrected chi connectivity index (χ2v) is 8.09. The van der Waals surface area contributed by atoms with Crippen LogP contribution in [0, 0.1) is 5.82 Å². The first-order valence-corrected chi connectivity index (χ1v) is 10.6. The fraction of sp³-hybridized carbons (Fsp3) is 0.125. The summed E-state index contributed by atoms with van der Waals surface area (Å²) in [7, 11) is 0. The number of nitrogens with zero attached hydrogens (tertiary/aromatic N) is 1. The molecule has 7 heteroatoms. The van der Waals surface area contributed by atoms with Gasteiger partial charge in [0.25, 0.3) is 11.1 Å². The second-order valence-electron chi connectivity index (χ2n) is 7.09. The molecule has 3 aromatic rings. The van der Waals surface area contributed by atoms with E-state index in [9.17, 15) is 18.8 Å². The van der Waals surface area contributed by atoms with Crippen molar-refractivity contribution in [3.63, 3.8) is 0 Å². The molecule has 0 aliphatic carbocycles. The summed E-state index contributed by atoms with van der Waals surface area (Å²) in [6, 6.07) is 19.5. The number of fused-ring (bicyclic) bond motifs is 1. The number of rotatable bonds is 6. The first-order chi connectivity index (χ1) is 15.0. The normalized spacial score (nSPS) is 15.1. The van der Waals surface area contributed by atoms with Crippen molar-refractivity contribution in [3.05, 3.63) is 88.6 Å². The quantitative estimate of drug-likeness (QED) is 0.585. The summed E-state index contributed by atoms with van der Waals surface area (Å²) in [6.07, 6.45) is 1.78. The van der Waals surface area contributed by atoms with Gasteiger partial charge in [0.05, 0.1) is 11.3 Å². The van der Waals surface area contributed by atoms with Crippen LogP contribution in [0.15, 0.2) is 71.6 Å². The molecule has 1 saturated heterocycles. The molecule has 0 radical (unpaired) electrons. The molecule has 31 heavy (non-hydrogen) atoms. The number of thioether (sulfide) groups is 1. The van der Waals surface area contributed by atoms with Crippen LogP contribution in [0.3, 0.4) is 0 Å². The summed E-state index contributed by atoms with van der Waals surface area (Å²) in [5.74, 6) is -0.961. The highest BCUT2D eigenvalue weighted by Gasteiger charge is 2.34. The van der Waals surface area contributed by atoms with Gasteiger partial charge in [-0.15, -0.1) is 0 Å². The van der Waals surface area contributed by atoms with Crippen LogP contribution in [0.5, 0.6) is 0 Å². The predicted molar refractivity (Wildman–Crippen MR) is 120 cm³/mol. The molecule has 0 aromatic heterocycles. The van der Waals surface area contributed by atoms with Crippen molar-refractivity contribution in [3.8, 4) is 0 Å².